The molecule has 3 aromatic rings. The van der Waals surface area contributed by atoms with E-state index >= 15 is 0 Å². The lowest BCUT2D eigenvalue weighted by Crippen LogP contribution is -2.34. The van der Waals surface area contributed by atoms with Crippen molar-refractivity contribution in [2.24, 2.45) is 0 Å². The Kier molecular flexibility index (Phi) is 6.08. The van der Waals surface area contributed by atoms with E-state index in [1.165, 1.54) is 33.1 Å². The highest BCUT2D eigenvalue weighted by atomic mass is 79.9. The highest BCUT2D eigenvalue weighted by Gasteiger charge is 2.18. The number of halogens is 1. The predicted molar refractivity (Wildman–Crippen MR) is 115 cm³/mol. The Balaban J connectivity index is 1.65. The fraction of sp³-hybridized carbons (Fsp3) is 0.211. The average molecular weight is 464 g/mol. The van der Waals surface area contributed by atoms with Gasteiger partial charge in [-0.25, -0.2) is 4.98 Å². The number of nitrogens with one attached hydrogen (secondary N) is 1. The number of hydrogen-bond acceptors (Lipinski definition) is 5. The van der Waals surface area contributed by atoms with Crippen LogP contribution in [0.5, 0.6) is 0 Å². The topological polar surface area (TPSA) is 62.3 Å². The lowest BCUT2D eigenvalue weighted by Gasteiger charge is -2.15. The molecule has 2 aromatic heterocycles. The number of thiazole rings is 1. The molecule has 0 saturated carbocycles. The van der Waals surface area contributed by atoms with Crippen molar-refractivity contribution in [3.8, 4) is 11.3 Å². The summed E-state index contributed by atoms with van der Waals surface area (Å²) in [5.74, 6) is -0.456. The molecular formula is C19H18BrN3O2S2. The summed E-state index contributed by atoms with van der Waals surface area (Å²) < 4.78 is 0.880. The van der Waals surface area contributed by atoms with Crippen LogP contribution in [0.2, 0.25) is 0 Å². The molecule has 5 nitrogen and oxygen atoms in total. The van der Waals surface area contributed by atoms with Crippen LogP contribution in [0.4, 0.5) is 5.13 Å². The van der Waals surface area contributed by atoms with Crippen molar-refractivity contribution in [1.29, 1.82) is 0 Å². The van der Waals surface area contributed by atoms with Crippen LogP contribution in [-0.2, 0) is 4.79 Å². The van der Waals surface area contributed by atoms with Gasteiger partial charge in [0.15, 0.2) is 5.13 Å². The van der Waals surface area contributed by atoms with E-state index in [0.29, 0.717) is 10.0 Å². The molecule has 1 aromatic carbocycles. The molecule has 0 unspecified atom stereocenters. The summed E-state index contributed by atoms with van der Waals surface area (Å²) in [6, 6.07) is 11.7. The Bertz CT molecular complexity index is 979. The van der Waals surface area contributed by atoms with Crippen LogP contribution in [0.25, 0.3) is 11.3 Å². The van der Waals surface area contributed by atoms with Crippen LogP contribution >= 0.6 is 38.6 Å². The number of anilines is 1. The van der Waals surface area contributed by atoms with Crippen molar-refractivity contribution in [1.82, 2.24) is 9.88 Å². The first-order valence-electron chi connectivity index (χ1n) is 8.18. The van der Waals surface area contributed by atoms with Gasteiger partial charge in [-0.05, 0) is 41.9 Å². The smallest absolute Gasteiger partial charge is 0.264 e. The van der Waals surface area contributed by atoms with Crippen molar-refractivity contribution in [3.63, 3.8) is 0 Å². The van der Waals surface area contributed by atoms with Gasteiger partial charge >= 0.3 is 0 Å². The quantitative estimate of drug-likeness (QED) is 0.581. The van der Waals surface area contributed by atoms with Gasteiger partial charge in [0.2, 0.25) is 5.91 Å². The number of aryl methyl sites for hydroxylation is 2. The molecule has 0 spiro atoms. The normalized spacial score (nSPS) is 10.7. The Morgan fingerprint density at radius 2 is 1.81 bits per heavy atom. The van der Waals surface area contributed by atoms with Gasteiger partial charge in [-0.1, -0.05) is 29.8 Å². The zero-order valence-electron chi connectivity index (χ0n) is 15.1. The number of amides is 2. The Hall–Kier alpha value is -2.03. The first-order valence-corrected chi connectivity index (χ1v) is 10.6. The van der Waals surface area contributed by atoms with Gasteiger partial charge < -0.3 is 10.2 Å². The Morgan fingerprint density at radius 1 is 1.11 bits per heavy atom. The maximum Gasteiger partial charge on any atom is 0.264 e. The Morgan fingerprint density at radius 3 is 2.44 bits per heavy atom. The summed E-state index contributed by atoms with van der Waals surface area (Å²) in [4.78, 5) is 32.2. The zero-order chi connectivity index (χ0) is 19.6. The summed E-state index contributed by atoms with van der Waals surface area (Å²) in [7, 11) is 1.61. The summed E-state index contributed by atoms with van der Waals surface area (Å²) >= 11 is 6.11. The van der Waals surface area contributed by atoms with E-state index in [1.54, 1.807) is 13.1 Å². The molecule has 27 heavy (non-hydrogen) atoms. The molecule has 140 valence electrons. The van der Waals surface area contributed by atoms with Crippen LogP contribution in [0.1, 0.15) is 20.1 Å². The second-order valence-corrected chi connectivity index (χ2v) is 9.77. The summed E-state index contributed by atoms with van der Waals surface area (Å²) in [6.07, 6.45) is 0. The van der Waals surface area contributed by atoms with Crippen LogP contribution < -0.4 is 5.32 Å². The number of carbonyl (C=O) groups is 2. The van der Waals surface area contributed by atoms with E-state index in [2.05, 4.69) is 26.2 Å². The van der Waals surface area contributed by atoms with Crippen molar-refractivity contribution in [2.45, 2.75) is 13.8 Å². The van der Waals surface area contributed by atoms with Gasteiger partial charge in [-0.15, -0.1) is 22.7 Å². The monoisotopic (exact) mass is 463 g/mol. The molecule has 2 heterocycles. The van der Waals surface area contributed by atoms with E-state index in [9.17, 15) is 9.59 Å². The molecule has 0 fully saturated rings. The van der Waals surface area contributed by atoms with Gasteiger partial charge in [-0.3, -0.25) is 9.59 Å². The van der Waals surface area contributed by atoms with E-state index in [0.717, 1.165) is 19.9 Å². The number of hydrogen-bond donors (Lipinski definition) is 1. The minimum absolute atomic E-state index is 0.0349. The minimum Gasteiger partial charge on any atom is -0.332 e. The molecule has 0 saturated heterocycles. The third-order valence-corrected chi connectivity index (χ3v) is 6.38. The zero-order valence-corrected chi connectivity index (χ0v) is 18.3. The molecule has 1 N–H and O–H groups in total. The number of nitrogens with zero attached hydrogens (tertiary/aromatic N) is 2. The molecule has 8 heteroatoms. The SMILES string of the molecule is Cc1ccc(-c2nc(NC(=O)CN(C)C(=O)c3ccc(Br)s3)sc2C)cc1. The third-order valence-electron chi connectivity index (χ3n) is 3.88. The number of likely N-dealkylation sites (N-methyl/N-ethyl adjacent to an activating group) is 1. The third kappa shape index (κ3) is 4.82. The molecule has 3 rings (SSSR count). The number of aromatic nitrogens is 1. The fourth-order valence-electron chi connectivity index (χ4n) is 2.49. The second-order valence-electron chi connectivity index (χ2n) is 6.10. The maximum atomic E-state index is 12.3. The first kappa shape index (κ1) is 19.7. The predicted octanol–water partition coefficient (Wildman–Crippen LogP) is 4.96. The average Bonchev–Trinajstić information content (AvgIpc) is 3.20. The van der Waals surface area contributed by atoms with Crippen molar-refractivity contribution in [2.75, 3.05) is 18.9 Å². The molecule has 0 aliphatic rings. The molecular weight excluding hydrogens is 446 g/mol. The molecule has 0 radical (unpaired) electrons. The summed E-state index contributed by atoms with van der Waals surface area (Å²) in [5.41, 5.74) is 3.07. The standard InChI is InChI=1S/C19H18BrN3O2S2/c1-11-4-6-13(7-5-11)17-12(2)26-19(22-17)21-16(24)10-23(3)18(25)14-8-9-15(20)27-14/h4-9H,10H2,1-3H3,(H,21,22,24). The number of benzene rings is 1. The van der Waals surface area contributed by atoms with Gasteiger partial charge in [0.25, 0.3) is 5.91 Å². The second kappa shape index (κ2) is 8.33. The number of carbonyl (C=O) groups excluding carboxylic acids is 2. The van der Waals surface area contributed by atoms with Crippen molar-refractivity contribution < 1.29 is 9.59 Å². The van der Waals surface area contributed by atoms with E-state index in [1.807, 2.05) is 44.2 Å². The number of thiophene rings is 1. The fourth-order valence-corrected chi connectivity index (χ4v) is 4.73. The molecule has 0 atom stereocenters. The van der Waals surface area contributed by atoms with E-state index < -0.39 is 0 Å². The van der Waals surface area contributed by atoms with E-state index in [4.69, 9.17) is 0 Å². The summed E-state index contributed by atoms with van der Waals surface area (Å²) in [6.45, 7) is 3.98. The largest absolute Gasteiger partial charge is 0.332 e. The van der Waals surface area contributed by atoms with Gasteiger partial charge in [-0.2, -0.15) is 0 Å². The van der Waals surface area contributed by atoms with Gasteiger partial charge in [0.05, 0.1) is 20.9 Å². The first-order chi connectivity index (χ1) is 12.8. The van der Waals surface area contributed by atoms with Crippen LogP contribution in [0, 0.1) is 13.8 Å². The lowest BCUT2D eigenvalue weighted by atomic mass is 10.1. The molecule has 0 aliphatic carbocycles. The summed E-state index contributed by atoms with van der Waals surface area (Å²) in [5, 5.41) is 3.33. The molecule has 0 bridgehead atoms. The molecule has 2 amide bonds. The maximum absolute atomic E-state index is 12.3. The van der Waals surface area contributed by atoms with Crippen molar-refractivity contribution in [3.05, 3.63) is 55.5 Å². The van der Waals surface area contributed by atoms with Crippen LogP contribution in [-0.4, -0.2) is 35.3 Å². The Labute approximate surface area is 174 Å². The molecule has 0 aliphatic heterocycles. The number of rotatable bonds is 5. The van der Waals surface area contributed by atoms with Gasteiger partial charge in [0, 0.05) is 17.5 Å². The lowest BCUT2D eigenvalue weighted by molar-refractivity contribution is -0.116. The highest BCUT2D eigenvalue weighted by Crippen LogP contribution is 2.30. The highest BCUT2D eigenvalue weighted by molar-refractivity contribution is 9.11. The van der Waals surface area contributed by atoms with Crippen LogP contribution in [0.15, 0.2) is 40.2 Å². The van der Waals surface area contributed by atoms with Crippen molar-refractivity contribution >= 4 is 55.5 Å². The van der Waals surface area contributed by atoms with Gasteiger partial charge in [0.1, 0.15) is 0 Å². The minimum atomic E-state index is -0.273. The van der Waals surface area contributed by atoms with E-state index in [-0.39, 0.29) is 18.4 Å². The van der Waals surface area contributed by atoms with Crippen LogP contribution in [0.3, 0.4) is 0 Å².